The molecule has 0 unspecified atom stereocenters. The summed E-state index contributed by atoms with van der Waals surface area (Å²) >= 11 is 2.19. The molecule has 1 saturated heterocycles. The standard InChI is InChI=1S/C34H37IN6O5/c35-23-11-7-21(8-12-23)17-28(31(37)43)39-32(44)29(18-22-19-38-27-5-2-1-4-25(22)27)40-33(45)30-6-3-15-41(30)34(46)26(36)16-20-9-13-24(42)14-10-20/h1-2,4-5,7-14,19,26,28-30,38,42H,3,6,15-18,36H2,(H2,37,43)(H,39,44)(H,40,45)/t26-,28-,29-,30-/m0/s1. The summed E-state index contributed by atoms with van der Waals surface area (Å²) in [4.78, 5) is 58.1. The molecule has 4 atom stereocenters. The number of aromatic amines is 1. The molecule has 1 fully saturated rings. The van der Waals surface area contributed by atoms with Gasteiger partial charge in [-0.2, -0.15) is 0 Å². The Balaban J connectivity index is 1.33. The number of fused-ring (bicyclic) bond motifs is 1. The first-order valence-corrected chi connectivity index (χ1v) is 16.2. The molecule has 1 aliphatic heterocycles. The van der Waals surface area contributed by atoms with Crippen molar-refractivity contribution in [3.8, 4) is 5.75 Å². The van der Waals surface area contributed by atoms with Crippen LogP contribution >= 0.6 is 22.6 Å². The van der Waals surface area contributed by atoms with Gasteiger partial charge in [-0.1, -0.05) is 42.5 Å². The van der Waals surface area contributed by atoms with Crippen LogP contribution < -0.4 is 22.1 Å². The van der Waals surface area contributed by atoms with Gasteiger partial charge in [-0.05, 0) is 88.9 Å². The summed E-state index contributed by atoms with van der Waals surface area (Å²) in [7, 11) is 0. The number of likely N-dealkylation sites (tertiary alicyclic amines) is 1. The fourth-order valence-corrected chi connectivity index (χ4v) is 6.20. The van der Waals surface area contributed by atoms with E-state index in [-0.39, 0.29) is 30.9 Å². The molecule has 1 aromatic heterocycles. The van der Waals surface area contributed by atoms with Crippen LogP contribution in [0.15, 0.2) is 79.0 Å². The van der Waals surface area contributed by atoms with E-state index in [1.165, 1.54) is 17.0 Å². The second kappa shape index (κ2) is 14.8. The maximum atomic E-state index is 13.8. The summed E-state index contributed by atoms with van der Waals surface area (Å²) in [5.74, 6) is -1.99. The van der Waals surface area contributed by atoms with Crippen LogP contribution in [0.3, 0.4) is 0 Å². The number of halogens is 1. The monoisotopic (exact) mass is 736 g/mol. The smallest absolute Gasteiger partial charge is 0.243 e. The van der Waals surface area contributed by atoms with Gasteiger partial charge < -0.3 is 37.1 Å². The SMILES string of the molecule is NC(=O)[C@H](Cc1ccc(I)cc1)NC(=O)[C@H](Cc1c[nH]c2ccccc12)NC(=O)[C@@H]1CCCN1C(=O)[C@@H](N)Cc1ccc(O)cc1. The highest BCUT2D eigenvalue weighted by atomic mass is 127. The van der Waals surface area contributed by atoms with Crippen LogP contribution in [-0.2, 0) is 38.4 Å². The van der Waals surface area contributed by atoms with Crippen molar-refractivity contribution in [1.82, 2.24) is 20.5 Å². The Bertz CT molecular complexity index is 1710. The first-order chi connectivity index (χ1) is 22.1. The van der Waals surface area contributed by atoms with Crippen LogP contribution in [0.4, 0.5) is 0 Å². The molecule has 0 radical (unpaired) electrons. The molecular weight excluding hydrogens is 699 g/mol. The van der Waals surface area contributed by atoms with Gasteiger partial charge in [0.1, 0.15) is 23.9 Å². The number of hydrogen-bond acceptors (Lipinski definition) is 6. The molecule has 11 nitrogen and oxygen atoms in total. The quantitative estimate of drug-likeness (QED) is 0.121. The van der Waals surface area contributed by atoms with Gasteiger partial charge in [-0.25, -0.2) is 0 Å². The van der Waals surface area contributed by atoms with Crippen molar-refractivity contribution in [2.24, 2.45) is 11.5 Å². The van der Waals surface area contributed by atoms with Crippen molar-refractivity contribution in [1.29, 1.82) is 0 Å². The van der Waals surface area contributed by atoms with Crippen molar-refractivity contribution in [3.63, 3.8) is 0 Å². The summed E-state index contributed by atoms with van der Waals surface area (Å²) in [6.45, 7) is 0.360. The number of nitrogens with two attached hydrogens (primary N) is 2. The molecule has 0 saturated carbocycles. The Kier molecular flexibility index (Phi) is 10.6. The summed E-state index contributed by atoms with van der Waals surface area (Å²) < 4.78 is 1.03. The average molecular weight is 737 g/mol. The first-order valence-electron chi connectivity index (χ1n) is 15.1. The number of H-pyrrole nitrogens is 1. The van der Waals surface area contributed by atoms with E-state index in [0.29, 0.717) is 19.4 Å². The van der Waals surface area contributed by atoms with Gasteiger partial charge in [-0.3, -0.25) is 19.2 Å². The van der Waals surface area contributed by atoms with E-state index in [9.17, 15) is 24.3 Å². The minimum atomic E-state index is -1.06. The summed E-state index contributed by atoms with van der Waals surface area (Å²) in [5, 5.41) is 16.1. The highest BCUT2D eigenvalue weighted by Crippen LogP contribution is 2.22. The Morgan fingerprint density at radius 3 is 2.30 bits per heavy atom. The Morgan fingerprint density at radius 1 is 0.913 bits per heavy atom. The molecular formula is C34H37IN6O5. The Morgan fingerprint density at radius 2 is 1.59 bits per heavy atom. The van der Waals surface area contributed by atoms with E-state index in [1.54, 1.807) is 18.3 Å². The van der Waals surface area contributed by atoms with Crippen molar-refractivity contribution in [2.75, 3.05) is 6.54 Å². The molecule has 4 amide bonds. The van der Waals surface area contributed by atoms with Gasteiger partial charge in [0.2, 0.25) is 23.6 Å². The normalized spacial score (nSPS) is 16.5. The fourth-order valence-electron chi connectivity index (χ4n) is 5.84. The third-order valence-electron chi connectivity index (χ3n) is 8.29. The lowest BCUT2D eigenvalue weighted by Gasteiger charge is -2.29. The molecule has 0 aliphatic carbocycles. The van der Waals surface area contributed by atoms with Gasteiger partial charge in [-0.15, -0.1) is 0 Å². The number of primary amides is 1. The summed E-state index contributed by atoms with van der Waals surface area (Å²) in [6.07, 6.45) is 3.39. The number of para-hydroxylation sites is 1. The van der Waals surface area contributed by atoms with Gasteiger partial charge in [0, 0.05) is 40.1 Å². The second-order valence-corrected chi connectivity index (χ2v) is 12.8. The molecule has 240 valence electrons. The molecule has 5 rings (SSSR count). The lowest BCUT2D eigenvalue weighted by Crippen LogP contribution is -2.58. The number of phenolic OH excluding ortho intramolecular Hbond substituents is 1. The van der Waals surface area contributed by atoms with Gasteiger partial charge in [0.15, 0.2) is 0 Å². The Labute approximate surface area is 280 Å². The number of nitrogens with zero attached hydrogens (tertiary/aromatic N) is 1. The van der Waals surface area contributed by atoms with Crippen LogP contribution in [0, 0.1) is 3.57 Å². The van der Waals surface area contributed by atoms with Crippen LogP contribution in [0.5, 0.6) is 5.75 Å². The number of benzene rings is 3. The molecule has 0 bridgehead atoms. The minimum absolute atomic E-state index is 0.114. The predicted octanol–water partition coefficient (Wildman–Crippen LogP) is 2.28. The minimum Gasteiger partial charge on any atom is -0.508 e. The molecule has 1 aliphatic rings. The molecule has 46 heavy (non-hydrogen) atoms. The van der Waals surface area contributed by atoms with E-state index in [2.05, 4.69) is 38.2 Å². The first kappa shape index (κ1) is 32.9. The number of carbonyl (C=O) groups excluding carboxylic acids is 4. The van der Waals surface area contributed by atoms with E-state index < -0.39 is 41.9 Å². The zero-order chi connectivity index (χ0) is 32.8. The lowest BCUT2D eigenvalue weighted by atomic mass is 10.0. The molecule has 3 aromatic carbocycles. The number of carbonyl (C=O) groups is 4. The number of amides is 4. The molecule has 2 heterocycles. The van der Waals surface area contributed by atoms with Crippen LogP contribution in [0.25, 0.3) is 10.9 Å². The van der Waals surface area contributed by atoms with Crippen molar-refractivity contribution < 1.29 is 24.3 Å². The van der Waals surface area contributed by atoms with Gasteiger partial charge in [0.05, 0.1) is 6.04 Å². The van der Waals surface area contributed by atoms with Gasteiger partial charge >= 0.3 is 0 Å². The maximum absolute atomic E-state index is 13.8. The third kappa shape index (κ3) is 8.04. The van der Waals surface area contributed by atoms with Crippen LogP contribution in [0.1, 0.15) is 29.5 Å². The van der Waals surface area contributed by atoms with Crippen molar-refractivity contribution in [3.05, 3.63) is 99.3 Å². The topological polar surface area (TPSA) is 184 Å². The van der Waals surface area contributed by atoms with E-state index >= 15 is 0 Å². The number of nitrogens with one attached hydrogen (secondary N) is 3. The molecule has 12 heteroatoms. The second-order valence-electron chi connectivity index (χ2n) is 11.6. The van der Waals surface area contributed by atoms with E-state index in [0.717, 1.165) is 31.2 Å². The van der Waals surface area contributed by atoms with E-state index in [4.69, 9.17) is 11.5 Å². The number of aromatic nitrogens is 1. The molecule has 4 aromatic rings. The number of phenols is 1. The Hall–Kier alpha value is -4.43. The van der Waals surface area contributed by atoms with E-state index in [1.807, 2.05) is 48.5 Å². The van der Waals surface area contributed by atoms with Crippen LogP contribution in [-0.4, -0.2) is 69.3 Å². The summed E-state index contributed by atoms with van der Waals surface area (Å²) in [5.41, 5.74) is 15.3. The molecule has 8 N–H and O–H groups in total. The highest BCUT2D eigenvalue weighted by Gasteiger charge is 2.38. The zero-order valence-corrected chi connectivity index (χ0v) is 27.3. The lowest BCUT2D eigenvalue weighted by molar-refractivity contribution is -0.140. The number of rotatable bonds is 12. The van der Waals surface area contributed by atoms with Crippen LogP contribution in [0.2, 0.25) is 0 Å². The molecule has 0 spiro atoms. The third-order valence-corrected chi connectivity index (χ3v) is 9.01. The number of aromatic hydroxyl groups is 1. The predicted molar refractivity (Wildman–Crippen MR) is 182 cm³/mol. The number of hydrogen-bond donors (Lipinski definition) is 6. The largest absolute Gasteiger partial charge is 0.508 e. The fraction of sp³-hybridized carbons (Fsp3) is 0.294. The zero-order valence-electron chi connectivity index (χ0n) is 25.1. The van der Waals surface area contributed by atoms with Gasteiger partial charge in [0.25, 0.3) is 0 Å². The highest BCUT2D eigenvalue weighted by molar-refractivity contribution is 14.1. The maximum Gasteiger partial charge on any atom is 0.243 e. The summed E-state index contributed by atoms with van der Waals surface area (Å²) in [6, 6.07) is 17.9. The van der Waals surface area contributed by atoms with Crippen molar-refractivity contribution in [2.45, 2.75) is 56.3 Å². The average Bonchev–Trinajstić information content (AvgIpc) is 3.70. The van der Waals surface area contributed by atoms with Crippen molar-refractivity contribution >= 4 is 57.1 Å².